The molecular weight excluding hydrogens is 234 g/mol. The predicted octanol–water partition coefficient (Wildman–Crippen LogP) is 2.71. The highest BCUT2D eigenvalue weighted by molar-refractivity contribution is 5.96. The molecule has 1 atom stereocenters. The van der Waals surface area contributed by atoms with Crippen LogP contribution in [0, 0.1) is 10.1 Å². The fraction of sp³-hybridized carbons (Fsp3) is 0.462. The van der Waals surface area contributed by atoms with Gasteiger partial charge in [-0.25, -0.2) is 0 Å². The van der Waals surface area contributed by atoms with Gasteiger partial charge in [0.2, 0.25) is 6.04 Å². The summed E-state index contributed by atoms with van der Waals surface area (Å²) in [6, 6.07) is 5.82. The number of Topliss-reactive ketones (excluding diaryl/α,β-unsaturated/α-hetero) is 1. The number of methoxy groups -OCH3 is 1. The first-order valence-corrected chi connectivity index (χ1v) is 5.89. The van der Waals surface area contributed by atoms with Crippen molar-refractivity contribution >= 4 is 5.78 Å². The minimum atomic E-state index is -0.787. The summed E-state index contributed by atoms with van der Waals surface area (Å²) in [5, 5.41) is 10.8. The molecule has 0 aromatic heterocycles. The fourth-order valence-electron chi connectivity index (χ4n) is 1.72. The average Bonchev–Trinajstić information content (AvgIpc) is 2.38. The van der Waals surface area contributed by atoms with Gasteiger partial charge in [0.1, 0.15) is 5.75 Å². The number of carbonyl (C=O) groups is 1. The van der Waals surface area contributed by atoms with Crippen molar-refractivity contribution in [2.75, 3.05) is 7.11 Å². The second kappa shape index (κ2) is 6.74. The minimum absolute atomic E-state index is 0.0484. The van der Waals surface area contributed by atoms with Gasteiger partial charge in [-0.1, -0.05) is 6.92 Å². The van der Waals surface area contributed by atoms with Crippen LogP contribution >= 0.6 is 0 Å². The van der Waals surface area contributed by atoms with Crippen molar-refractivity contribution in [1.29, 1.82) is 0 Å². The Bertz CT molecular complexity index is 414. The van der Waals surface area contributed by atoms with Crippen LogP contribution in [-0.4, -0.2) is 23.9 Å². The van der Waals surface area contributed by atoms with Crippen molar-refractivity contribution < 1.29 is 14.5 Å². The maximum Gasteiger partial charge on any atom is 0.220 e. The highest BCUT2D eigenvalue weighted by Gasteiger charge is 2.23. The van der Waals surface area contributed by atoms with Gasteiger partial charge in [-0.05, 0) is 30.7 Å². The van der Waals surface area contributed by atoms with Gasteiger partial charge in [0.15, 0.2) is 5.78 Å². The molecule has 1 aromatic rings. The van der Waals surface area contributed by atoms with E-state index in [0.717, 1.165) is 0 Å². The molecule has 0 heterocycles. The van der Waals surface area contributed by atoms with E-state index in [-0.39, 0.29) is 17.1 Å². The summed E-state index contributed by atoms with van der Waals surface area (Å²) in [5.74, 6) is 0.457. The smallest absolute Gasteiger partial charge is 0.220 e. The third kappa shape index (κ3) is 3.84. The molecule has 5 heteroatoms. The lowest BCUT2D eigenvalue weighted by atomic mass is 10.0. The minimum Gasteiger partial charge on any atom is -0.497 e. The summed E-state index contributed by atoms with van der Waals surface area (Å²) in [6.45, 7) is 1.87. The topological polar surface area (TPSA) is 69.4 Å². The number of benzene rings is 1. The van der Waals surface area contributed by atoms with E-state index in [0.29, 0.717) is 24.2 Å². The highest BCUT2D eigenvalue weighted by atomic mass is 16.6. The first-order chi connectivity index (χ1) is 8.58. The quantitative estimate of drug-likeness (QED) is 0.424. The maximum atomic E-state index is 11.9. The van der Waals surface area contributed by atoms with Crippen LogP contribution in [-0.2, 0) is 0 Å². The molecule has 0 saturated heterocycles. The van der Waals surface area contributed by atoms with Gasteiger partial charge >= 0.3 is 0 Å². The average molecular weight is 251 g/mol. The number of hydrogen-bond donors (Lipinski definition) is 0. The van der Waals surface area contributed by atoms with Crippen molar-refractivity contribution in [3.05, 3.63) is 39.9 Å². The van der Waals surface area contributed by atoms with Crippen LogP contribution in [0.5, 0.6) is 5.75 Å². The predicted molar refractivity (Wildman–Crippen MR) is 67.6 cm³/mol. The summed E-state index contributed by atoms with van der Waals surface area (Å²) in [4.78, 5) is 22.3. The number of nitro groups is 1. The van der Waals surface area contributed by atoms with E-state index in [1.54, 1.807) is 31.4 Å². The normalized spacial score (nSPS) is 11.9. The van der Waals surface area contributed by atoms with Gasteiger partial charge in [0, 0.05) is 16.9 Å². The summed E-state index contributed by atoms with van der Waals surface area (Å²) >= 11 is 0. The lowest BCUT2D eigenvalue weighted by molar-refractivity contribution is -0.521. The summed E-state index contributed by atoms with van der Waals surface area (Å²) in [5.41, 5.74) is 0.485. The maximum absolute atomic E-state index is 11.9. The van der Waals surface area contributed by atoms with Crippen molar-refractivity contribution in [3.8, 4) is 5.75 Å². The first kappa shape index (κ1) is 14.2. The van der Waals surface area contributed by atoms with E-state index in [4.69, 9.17) is 4.74 Å². The first-order valence-electron chi connectivity index (χ1n) is 5.89. The molecule has 0 amide bonds. The molecule has 18 heavy (non-hydrogen) atoms. The number of carbonyl (C=O) groups excluding carboxylic acids is 1. The molecule has 0 spiro atoms. The van der Waals surface area contributed by atoms with Crippen LogP contribution in [0.1, 0.15) is 36.5 Å². The summed E-state index contributed by atoms with van der Waals surface area (Å²) in [7, 11) is 1.54. The van der Waals surface area contributed by atoms with Crippen LogP contribution in [0.3, 0.4) is 0 Å². The molecule has 1 unspecified atom stereocenters. The van der Waals surface area contributed by atoms with Crippen LogP contribution in [0.2, 0.25) is 0 Å². The van der Waals surface area contributed by atoms with Crippen molar-refractivity contribution in [2.45, 2.75) is 32.2 Å². The number of hydrogen-bond acceptors (Lipinski definition) is 4. The highest BCUT2D eigenvalue weighted by Crippen LogP contribution is 2.15. The van der Waals surface area contributed by atoms with E-state index < -0.39 is 6.04 Å². The molecule has 0 aliphatic rings. The molecule has 0 N–H and O–H groups in total. The van der Waals surface area contributed by atoms with Crippen LogP contribution in [0.4, 0.5) is 0 Å². The summed E-state index contributed by atoms with van der Waals surface area (Å²) < 4.78 is 4.99. The number of rotatable bonds is 7. The largest absolute Gasteiger partial charge is 0.497 e. The Kier molecular flexibility index (Phi) is 5.30. The number of ketones is 1. The Balaban J connectivity index is 2.70. The SMILES string of the molecule is CCCC(CC(=O)c1ccc(OC)cc1)[N+](=O)[O-]. The van der Waals surface area contributed by atoms with Gasteiger partial charge in [-0.2, -0.15) is 0 Å². The molecule has 0 aliphatic heterocycles. The Morgan fingerprint density at radius 1 is 1.39 bits per heavy atom. The molecule has 98 valence electrons. The Hall–Kier alpha value is -1.91. The standard InChI is InChI=1S/C13H17NO4/c1-3-4-11(14(16)17)9-13(15)10-5-7-12(18-2)8-6-10/h5-8,11H,3-4,9H2,1-2H3. The van der Waals surface area contributed by atoms with Crippen LogP contribution in [0.15, 0.2) is 24.3 Å². The van der Waals surface area contributed by atoms with Gasteiger partial charge in [0.25, 0.3) is 0 Å². The Morgan fingerprint density at radius 2 is 2.00 bits per heavy atom. The molecule has 0 aliphatic carbocycles. The van der Waals surface area contributed by atoms with Gasteiger partial charge in [-0.15, -0.1) is 0 Å². The zero-order valence-electron chi connectivity index (χ0n) is 10.6. The number of nitrogens with zero attached hydrogens (tertiary/aromatic N) is 1. The van der Waals surface area contributed by atoms with Gasteiger partial charge in [-0.3, -0.25) is 14.9 Å². The van der Waals surface area contributed by atoms with E-state index in [1.807, 2.05) is 6.92 Å². The van der Waals surface area contributed by atoms with E-state index in [9.17, 15) is 14.9 Å². The van der Waals surface area contributed by atoms with Gasteiger partial charge < -0.3 is 4.74 Å². The third-order valence-electron chi connectivity index (χ3n) is 2.75. The van der Waals surface area contributed by atoms with E-state index in [2.05, 4.69) is 0 Å². The molecule has 0 saturated carbocycles. The van der Waals surface area contributed by atoms with Crippen molar-refractivity contribution in [2.24, 2.45) is 0 Å². The van der Waals surface area contributed by atoms with Crippen molar-refractivity contribution in [3.63, 3.8) is 0 Å². The Morgan fingerprint density at radius 3 is 2.44 bits per heavy atom. The van der Waals surface area contributed by atoms with Crippen LogP contribution in [0.25, 0.3) is 0 Å². The molecule has 1 rings (SSSR count). The molecule has 5 nitrogen and oxygen atoms in total. The van der Waals surface area contributed by atoms with Crippen LogP contribution < -0.4 is 4.74 Å². The van der Waals surface area contributed by atoms with Gasteiger partial charge in [0.05, 0.1) is 13.5 Å². The zero-order chi connectivity index (χ0) is 13.5. The second-order valence-electron chi connectivity index (χ2n) is 4.08. The van der Waals surface area contributed by atoms with E-state index in [1.165, 1.54) is 0 Å². The molecule has 0 bridgehead atoms. The van der Waals surface area contributed by atoms with E-state index >= 15 is 0 Å². The molecule has 0 fully saturated rings. The lowest BCUT2D eigenvalue weighted by Gasteiger charge is -2.08. The lowest BCUT2D eigenvalue weighted by Crippen LogP contribution is -2.23. The third-order valence-corrected chi connectivity index (χ3v) is 2.75. The fourth-order valence-corrected chi connectivity index (χ4v) is 1.72. The second-order valence-corrected chi connectivity index (χ2v) is 4.08. The molecule has 0 radical (unpaired) electrons. The summed E-state index contributed by atoms with van der Waals surface area (Å²) in [6.07, 6.45) is 1.07. The van der Waals surface area contributed by atoms with Crippen molar-refractivity contribution in [1.82, 2.24) is 0 Å². The Labute approximate surface area is 106 Å². The monoisotopic (exact) mass is 251 g/mol. The zero-order valence-corrected chi connectivity index (χ0v) is 10.6. The molecular formula is C13H17NO4. The molecule has 1 aromatic carbocycles. The number of ether oxygens (including phenoxy) is 1.